The van der Waals surface area contributed by atoms with Crippen molar-refractivity contribution in [2.75, 3.05) is 26.7 Å². The summed E-state index contributed by atoms with van der Waals surface area (Å²) in [5.41, 5.74) is 3.15. The maximum Gasteiger partial charge on any atom is 0.454 e. The van der Waals surface area contributed by atoms with Crippen molar-refractivity contribution in [3.8, 4) is 11.5 Å². The standard InChI is InChI=1S/C27H24Cl2F3NO2.C10H7F3O2/c1-33(16-17-35-24-13-2-19(3-14-24)4-15-26(34)27(30,31)32)18-25(20-5-9-22(28)10-6-20)21-7-11-23(29)12-8-21;11-10(12,13)9(15)6-3-7-1-4-8(14)5-2-7/h2-15,25H,16-18H2,1H3;1-6,14H/b15-4+;6-3+. The molecule has 4 aromatic rings. The van der Waals surface area contributed by atoms with Gasteiger partial charge in [-0.2, -0.15) is 26.3 Å². The minimum atomic E-state index is -4.87. The normalized spacial score (nSPS) is 12.0. The van der Waals surface area contributed by atoms with Crippen LogP contribution in [-0.2, 0) is 9.59 Å². The Morgan fingerprint density at radius 2 is 1.10 bits per heavy atom. The number of benzene rings is 4. The molecule has 0 atom stereocenters. The van der Waals surface area contributed by atoms with Crippen LogP contribution < -0.4 is 4.74 Å². The number of likely N-dealkylation sites (N-methyl/N-ethyl adjacent to an activating group) is 1. The van der Waals surface area contributed by atoms with E-state index in [1.165, 1.54) is 24.3 Å². The summed E-state index contributed by atoms with van der Waals surface area (Å²) in [6, 6.07) is 27.5. The first-order chi connectivity index (χ1) is 23.5. The molecule has 0 unspecified atom stereocenters. The van der Waals surface area contributed by atoms with Crippen LogP contribution in [0.4, 0.5) is 26.3 Å². The second kappa shape index (κ2) is 18.4. The van der Waals surface area contributed by atoms with E-state index >= 15 is 0 Å². The van der Waals surface area contributed by atoms with Gasteiger partial charge in [0.25, 0.3) is 11.6 Å². The lowest BCUT2D eigenvalue weighted by atomic mass is 9.91. The van der Waals surface area contributed by atoms with E-state index in [2.05, 4.69) is 4.90 Å². The zero-order valence-electron chi connectivity index (χ0n) is 26.4. The maximum absolute atomic E-state index is 12.3. The minimum Gasteiger partial charge on any atom is -0.508 e. The Morgan fingerprint density at radius 3 is 1.50 bits per heavy atom. The van der Waals surface area contributed by atoms with Crippen molar-refractivity contribution in [1.82, 2.24) is 4.90 Å². The van der Waals surface area contributed by atoms with Gasteiger partial charge in [0, 0.05) is 29.1 Å². The predicted molar refractivity (Wildman–Crippen MR) is 182 cm³/mol. The van der Waals surface area contributed by atoms with Crippen molar-refractivity contribution < 1.29 is 45.8 Å². The topological polar surface area (TPSA) is 66.8 Å². The number of alkyl halides is 6. The number of halogens is 8. The molecule has 0 amide bonds. The number of nitrogens with zero attached hydrogens (tertiary/aromatic N) is 1. The number of phenols is 1. The highest BCUT2D eigenvalue weighted by Gasteiger charge is 2.36. The summed E-state index contributed by atoms with van der Waals surface area (Å²) in [4.78, 5) is 23.5. The molecule has 0 saturated carbocycles. The van der Waals surface area contributed by atoms with Crippen LogP contribution in [0.25, 0.3) is 12.2 Å². The highest BCUT2D eigenvalue weighted by molar-refractivity contribution is 6.30. The number of phenolic OH excluding ortho intramolecular Hbond substituents is 1. The molecule has 4 rings (SSSR count). The molecule has 0 aliphatic heterocycles. The number of ketones is 2. The van der Waals surface area contributed by atoms with Crippen molar-refractivity contribution in [1.29, 1.82) is 0 Å². The highest BCUT2D eigenvalue weighted by atomic mass is 35.5. The van der Waals surface area contributed by atoms with Crippen LogP contribution in [0.2, 0.25) is 10.0 Å². The monoisotopic (exact) mass is 737 g/mol. The van der Waals surface area contributed by atoms with E-state index in [-0.39, 0.29) is 11.7 Å². The molecule has 13 heteroatoms. The number of allylic oxidation sites excluding steroid dienone is 2. The molecule has 0 spiro atoms. The van der Waals surface area contributed by atoms with E-state index in [9.17, 15) is 35.9 Å². The first kappa shape index (κ1) is 39.9. The fourth-order valence-electron chi connectivity index (χ4n) is 4.31. The van der Waals surface area contributed by atoms with Gasteiger partial charge in [0.15, 0.2) is 0 Å². The van der Waals surface area contributed by atoms with Gasteiger partial charge in [-0.1, -0.05) is 83.9 Å². The van der Waals surface area contributed by atoms with Crippen molar-refractivity contribution >= 4 is 46.9 Å². The maximum atomic E-state index is 12.3. The fourth-order valence-corrected chi connectivity index (χ4v) is 4.56. The SMILES string of the molecule is CN(CCOc1ccc(/C=C/C(=O)C(F)(F)F)cc1)CC(c1ccc(Cl)cc1)c1ccc(Cl)cc1.O=C(/C=C/c1ccc(O)cc1)C(F)(F)F. The summed E-state index contributed by atoms with van der Waals surface area (Å²) in [5, 5.41) is 10.3. The van der Waals surface area contributed by atoms with Crippen LogP contribution in [-0.4, -0.2) is 60.7 Å². The van der Waals surface area contributed by atoms with Gasteiger partial charge in [-0.05, 0) is 90.0 Å². The highest BCUT2D eigenvalue weighted by Crippen LogP contribution is 2.28. The Kier molecular flexibility index (Phi) is 14.7. The molecular formula is C37H31Cl2F6NO4. The number of carbonyl (C=O) groups excluding carboxylic acids is 2. The van der Waals surface area contributed by atoms with E-state index in [0.717, 1.165) is 29.8 Å². The molecule has 0 bridgehead atoms. The molecule has 0 fully saturated rings. The molecule has 5 nitrogen and oxygen atoms in total. The smallest absolute Gasteiger partial charge is 0.454 e. The Labute approximate surface area is 295 Å². The number of carbonyl (C=O) groups is 2. The van der Waals surface area contributed by atoms with E-state index < -0.39 is 23.9 Å². The Bertz CT molecular complexity index is 1690. The molecule has 0 aliphatic rings. The third-order valence-corrected chi connectivity index (χ3v) is 7.47. The van der Waals surface area contributed by atoms with Crippen LogP contribution in [0.1, 0.15) is 28.2 Å². The summed E-state index contributed by atoms with van der Waals surface area (Å²) in [6.07, 6.45) is -6.58. The zero-order valence-corrected chi connectivity index (χ0v) is 27.9. The number of aromatic hydroxyl groups is 1. The lowest BCUT2D eigenvalue weighted by molar-refractivity contribution is -0.165. The lowest BCUT2D eigenvalue weighted by Gasteiger charge is -2.25. The number of hydrogen-bond donors (Lipinski definition) is 1. The van der Waals surface area contributed by atoms with Crippen LogP contribution in [0, 0.1) is 0 Å². The van der Waals surface area contributed by atoms with Crippen molar-refractivity contribution in [2.24, 2.45) is 0 Å². The third kappa shape index (κ3) is 13.7. The summed E-state index contributed by atoms with van der Waals surface area (Å²) in [6.45, 7) is 1.81. The molecule has 50 heavy (non-hydrogen) atoms. The van der Waals surface area contributed by atoms with Crippen LogP contribution >= 0.6 is 23.2 Å². The summed E-state index contributed by atoms with van der Waals surface area (Å²) in [5.74, 6) is -3.09. The molecule has 1 N–H and O–H groups in total. The van der Waals surface area contributed by atoms with E-state index in [0.29, 0.717) is 52.2 Å². The van der Waals surface area contributed by atoms with Gasteiger partial charge in [0.2, 0.25) is 0 Å². The molecule has 0 radical (unpaired) electrons. The second-order valence-electron chi connectivity index (χ2n) is 10.8. The van der Waals surface area contributed by atoms with Gasteiger partial charge in [-0.3, -0.25) is 9.59 Å². The van der Waals surface area contributed by atoms with Gasteiger partial charge in [0.1, 0.15) is 18.1 Å². The van der Waals surface area contributed by atoms with Crippen molar-refractivity contribution in [3.05, 3.63) is 142 Å². The van der Waals surface area contributed by atoms with Gasteiger partial charge in [-0.15, -0.1) is 0 Å². The first-order valence-electron chi connectivity index (χ1n) is 14.8. The zero-order chi connectivity index (χ0) is 36.9. The van der Waals surface area contributed by atoms with Crippen molar-refractivity contribution in [2.45, 2.75) is 18.3 Å². The van der Waals surface area contributed by atoms with E-state index in [1.54, 1.807) is 24.3 Å². The average molecular weight is 739 g/mol. The second-order valence-corrected chi connectivity index (χ2v) is 11.7. The Hall–Kier alpha value is -4.58. The quantitative estimate of drug-likeness (QED) is 0.116. The number of ether oxygens (including phenoxy) is 1. The lowest BCUT2D eigenvalue weighted by Crippen LogP contribution is -2.29. The third-order valence-electron chi connectivity index (χ3n) is 6.97. The summed E-state index contributed by atoms with van der Waals surface area (Å²) in [7, 11) is 2.01. The van der Waals surface area contributed by atoms with Crippen LogP contribution in [0.3, 0.4) is 0 Å². The molecule has 0 heterocycles. The summed E-state index contributed by atoms with van der Waals surface area (Å²) >= 11 is 12.1. The minimum absolute atomic E-state index is 0.00861. The molecule has 0 saturated heterocycles. The first-order valence-corrected chi connectivity index (χ1v) is 15.6. The van der Waals surface area contributed by atoms with Gasteiger partial charge >= 0.3 is 12.4 Å². The molecule has 0 aliphatic carbocycles. The van der Waals surface area contributed by atoms with Gasteiger partial charge in [0.05, 0.1) is 0 Å². The molecule has 264 valence electrons. The average Bonchev–Trinajstić information content (AvgIpc) is 3.06. The van der Waals surface area contributed by atoms with Crippen LogP contribution in [0.15, 0.2) is 109 Å². The molecule has 4 aromatic carbocycles. The largest absolute Gasteiger partial charge is 0.508 e. The number of rotatable bonds is 12. The van der Waals surface area contributed by atoms with E-state index in [1.807, 2.05) is 55.6 Å². The fraction of sp³-hybridized carbons (Fsp3) is 0.189. The predicted octanol–water partition coefficient (Wildman–Crippen LogP) is 9.82. The van der Waals surface area contributed by atoms with Gasteiger partial charge in [-0.25, -0.2) is 0 Å². The van der Waals surface area contributed by atoms with Gasteiger partial charge < -0.3 is 14.7 Å². The molecule has 0 aromatic heterocycles. The van der Waals surface area contributed by atoms with Crippen molar-refractivity contribution in [3.63, 3.8) is 0 Å². The Morgan fingerprint density at radius 1 is 0.700 bits per heavy atom. The van der Waals surface area contributed by atoms with Crippen LogP contribution in [0.5, 0.6) is 11.5 Å². The Balaban J connectivity index is 0.000000376. The molecular weight excluding hydrogens is 707 g/mol. The number of hydrogen-bond acceptors (Lipinski definition) is 5. The summed E-state index contributed by atoms with van der Waals surface area (Å²) < 4.78 is 78.0. The van der Waals surface area contributed by atoms with E-state index in [4.69, 9.17) is 33.0 Å².